The molecule has 1 aliphatic rings. The van der Waals surface area contributed by atoms with Gasteiger partial charge in [-0.3, -0.25) is 0 Å². The van der Waals surface area contributed by atoms with Crippen LogP contribution < -0.4 is 4.65 Å². The minimum atomic E-state index is -1.75. The molecule has 104 valence electrons. The molecule has 1 aromatic carbocycles. The first-order valence-corrected chi connectivity index (χ1v) is 6.80. The molecule has 0 aliphatic heterocycles. The Labute approximate surface area is 114 Å². The molecular formula is C14H21BO4. The van der Waals surface area contributed by atoms with E-state index in [1.54, 1.807) is 19.2 Å². The minimum Gasteiger partial charge on any atom is -0.512 e. The molecular weight excluding hydrogens is 243 g/mol. The highest BCUT2D eigenvalue weighted by molar-refractivity contribution is 6.33. The number of hydrogen-bond donors (Lipinski definition) is 2. The molecule has 0 bridgehead atoms. The van der Waals surface area contributed by atoms with Crippen LogP contribution in [0, 0.1) is 5.92 Å². The van der Waals surface area contributed by atoms with Crippen LogP contribution in [0.4, 0.5) is 0 Å². The molecule has 1 aliphatic carbocycles. The SMILES string of the molecule is COCC1CCC(c2ccc(OB(O)O)cc2)CC1. The third-order valence-electron chi connectivity index (χ3n) is 3.84. The van der Waals surface area contributed by atoms with E-state index in [-0.39, 0.29) is 0 Å². The van der Waals surface area contributed by atoms with Crippen molar-refractivity contribution in [2.75, 3.05) is 13.7 Å². The molecule has 5 heteroatoms. The van der Waals surface area contributed by atoms with Crippen LogP contribution in [-0.4, -0.2) is 31.1 Å². The molecule has 0 heterocycles. The fourth-order valence-electron chi connectivity index (χ4n) is 2.84. The molecule has 4 nitrogen and oxygen atoms in total. The zero-order valence-electron chi connectivity index (χ0n) is 11.3. The van der Waals surface area contributed by atoms with Crippen molar-refractivity contribution < 1.29 is 19.4 Å². The summed E-state index contributed by atoms with van der Waals surface area (Å²) in [7, 11) is 0.00996. The molecule has 0 aromatic heterocycles. The van der Waals surface area contributed by atoms with Crippen LogP contribution in [0.3, 0.4) is 0 Å². The average molecular weight is 264 g/mol. The third kappa shape index (κ3) is 4.23. The van der Waals surface area contributed by atoms with Crippen molar-refractivity contribution in [3.05, 3.63) is 29.8 Å². The second-order valence-corrected chi connectivity index (χ2v) is 5.19. The number of hydrogen-bond acceptors (Lipinski definition) is 4. The number of benzene rings is 1. The van der Waals surface area contributed by atoms with Crippen LogP contribution >= 0.6 is 0 Å². The summed E-state index contributed by atoms with van der Waals surface area (Å²) in [6.45, 7) is 0.869. The molecule has 2 N–H and O–H groups in total. The first kappa shape index (κ1) is 14.4. The van der Waals surface area contributed by atoms with Gasteiger partial charge in [0.15, 0.2) is 0 Å². The van der Waals surface area contributed by atoms with Gasteiger partial charge in [-0.15, -0.1) is 0 Å². The Bertz CT molecular complexity index is 372. The molecule has 0 saturated heterocycles. The van der Waals surface area contributed by atoms with E-state index in [0.717, 1.165) is 6.61 Å². The fourth-order valence-corrected chi connectivity index (χ4v) is 2.84. The Morgan fingerprint density at radius 1 is 1.11 bits per heavy atom. The maximum atomic E-state index is 8.72. The topological polar surface area (TPSA) is 58.9 Å². The Hall–Kier alpha value is -1.04. The van der Waals surface area contributed by atoms with Crippen molar-refractivity contribution in [2.24, 2.45) is 5.92 Å². The quantitative estimate of drug-likeness (QED) is 0.798. The first-order chi connectivity index (χ1) is 9.19. The molecule has 0 unspecified atom stereocenters. The molecule has 1 fully saturated rings. The molecule has 2 rings (SSSR count). The lowest BCUT2D eigenvalue weighted by Gasteiger charge is -2.28. The van der Waals surface area contributed by atoms with E-state index in [1.165, 1.54) is 31.2 Å². The number of methoxy groups -OCH3 is 1. The highest BCUT2D eigenvalue weighted by Gasteiger charge is 2.22. The maximum absolute atomic E-state index is 8.72. The Kier molecular flexibility index (Phi) is 5.25. The van der Waals surface area contributed by atoms with E-state index in [2.05, 4.69) is 0 Å². The predicted octanol–water partition coefficient (Wildman–Crippen LogP) is 1.96. The van der Waals surface area contributed by atoms with E-state index < -0.39 is 7.32 Å². The van der Waals surface area contributed by atoms with Gasteiger partial charge in [0.25, 0.3) is 0 Å². The summed E-state index contributed by atoms with van der Waals surface area (Å²) in [6.07, 6.45) is 4.81. The molecule has 0 amide bonds. The summed E-state index contributed by atoms with van der Waals surface area (Å²) in [4.78, 5) is 0. The average Bonchev–Trinajstić information content (AvgIpc) is 2.40. The molecule has 1 aromatic rings. The standard InChI is InChI=1S/C14H21BO4/c1-18-10-11-2-4-12(5-3-11)13-6-8-14(9-7-13)19-15(16)17/h6-9,11-12,16-17H,2-5,10H2,1H3. The van der Waals surface area contributed by atoms with Crippen molar-refractivity contribution in [2.45, 2.75) is 31.6 Å². The lowest BCUT2D eigenvalue weighted by atomic mass is 9.79. The molecule has 19 heavy (non-hydrogen) atoms. The minimum absolute atomic E-state index is 0.479. The Morgan fingerprint density at radius 2 is 1.74 bits per heavy atom. The van der Waals surface area contributed by atoms with Gasteiger partial charge in [0, 0.05) is 13.7 Å². The summed E-state index contributed by atoms with van der Waals surface area (Å²) < 4.78 is 10.0. The normalized spacial score (nSPS) is 23.1. The van der Waals surface area contributed by atoms with Gasteiger partial charge in [-0.25, -0.2) is 0 Å². The lowest BCUT2D eigenvalue weighted by Crippen LogP contribution is -2.20. The van der Waals surface area contributed by atoms with Crippen molar-refractivity contribution in [1.82, 2.24) is 0 Å². The van der Waals surface area contributed by atoms with E-state index >= 15 is 0 Å². The van der Waals surface area contributed by atoms with Gasteiger partial charge in [0.05, 0.1) is 0 Å². The Balaban J connectivity index is 1.89. The fraction of sp³-hybridized carbons (Fsp3) is 0.571. The van der Waals surface area contributed by atoms with Crippen LogP contribution in [0.1, 0.15) is 37.2 Å². The van der Waals surface area contributed by atoms with Gasteiger partial charge in [-0.2, -0.15) is 0 Å². The van der Waals surface area contributed by atoms with Gasteiger partial charge >= 0.3 is 7.32 Å². The van der Waals surface area contributed by atoms with Crippen LogP contribution in [0.25, 0.3) is 0 Å². The monoisotopic (exact) mass is 264 g/mol. The van der Waals surface area contributed by atoms with Gasteiger partial charge in [-0.05, 0) is 55.2 Å². The largest absolute Gasteiger partial charge is 0.707 e. The van der Waals surface area contributed by atoms with Crippen molar-refractivity contribution in [3.8, 4) is 5.75 Å². The van der Waals surface area contributed by atoms with Crippen LogP contribution in [-0.2, 0) is 4.74 Å². The summed E-state index contributed by atoms with van der Waals surface area (Å²) >= 11 is 0. The molecule has 0 spiro atoms. The molecule has 1 saturated carbocycles. The number of rotatable bonds is 5. The van der Waals surface area contributed by atoms with E-state index in [0.29, 0.717) is 17.6 Å². The molecule has 0 atom stereocenters. The van der Waals surface area contributed by atoms with Crippen LogP contribution in [0.5, 0.6) is 5.75 Å². The van der Waals surface area contributed by atoms with Crippen LogP contribution in [0.15, 0.2) is 24.3 Å². The second kappa shape index (κ2) is 6.94. The Morgan fingerprint density at radius 3 is 2.26 bits per heavy atom. The predicted molar refractivity (Wildman–Crippen MR) is 73.8 cm³/mol. The van der Waals surface area contributed by atoms with Gasteiger partial charge in [-0.1, -0.05) is 12.1 Å². The zero-order valence-corrected chi connectivity index (χ0v) is 11.3. The van der Waals surface area contributed by atoms with E-state index in [1.807, 2.05) is 12.1 Å². The highest BCUT2D eigenvalue weighted by atomic mass is 16.6. The summed E-state index contributed by atoms with van der Waals surface area (Å²) in [5, 5.41) is 17.4. The van der Waals surface area contributed by atoms with E-state index in [4.69, 9.17) is 19.4 Å². The van der Waals surface area contributed by atoms with Gasteiger partial charge in [0.2, 0.25) is 0 Å². The highest BCUT2D eigenvalue weighted by Crippen LogP contribution is 2.36. The van der Waals surface area contributed by atoms with Gasteiger partial charge < -0.3 is 19.4 Å². The maximum Gasteiger partial charge on any atom is 0.707 e. The third-order valence-corrected chi connectivity index (χ3v) is 3.84. The van der Waals surface area contributed by atoms with Crippen LogP contribution in [0.2, 0.25) is 0 Å². The summed E-state index contributed by atoms with van der Waals surface area (Å²) in [5.74, 6) is 1.78. The van der Waals surface area contributed by atoms with Crippen molar-refractivity contribution >= 4 is 7.32 Å². The first-order valence-electron chi connectivity index (χ1n) is 6.80. The lowest BCUT2D eigenvalue weighted by molar-refractivity contribution is 0.127. The zero-order chi connectivity index (χ0) is 13.7. The van der Waals surface area contributed by atoms with E-state index in [9.17, 15) is 0 Å². The summed E-state index contributed by atoms with van der Waals surface area (Å²) in [5.41, 5.74) is 1.30. The molecule has 0 radical (unpaired) electrons. The smallest absolute Gasteiger partial charge is 0.512 e. The van der Waals surface area contributed by atoms with Crippen molar-refractivity contribution in [1.29, 1.82) is 0 Å². The second-order valence-electron chi connectivity index (χ2n) is 5.19. The van der Waals surface area contributed by atoms with Gasteiger partial charge in [0.1, 0.15) is 5.75 Å². The summed E-state index contributed by atoms with van der Waals surface area (Å²) in [6, 6.07) is 7.60. The number of ether oxygens (including phenoxy) is 1. The van der Waals surface area contributed by atoms with Crippen molar-refractivity contribution in [3.63, 3.8) is 0 Å².